The number of rotatable bonds is 8. The molecule has 2 aromatic carbocycles. The van der Waals surface area contributed by atoms with Crippen molar-refractivity contribution in [2.75, 3.05) is 39.4 Å². The first kappa shape index (κ1) is 23.4. The number of para-hydroxylation sites is 1. The number of nitrogens with zero attached hydrogens (tertiary/aromatic N) is 3. The van der Waals surface area contributed by atoms with Crippen LogP contribution in [0, 0.1) is 5.92 Å². The van der Waals surface area contributed by atoms with E-state index in [0.29, 0.717) is 12.5 Å². The molecule has 0 spiro atoms. The van der Waals surface area contributed by atoms with Gasteiger partial charge in [0.2, 0.25) is 5.91 Å². The van der Waals surface area contributed by atoms with Gasteiger partial charge in [-0.25, -0.2) is 0 Å². The van der Waals surface area contributed by atoms with Crippen molar-refractivity contribution in [3.8, 4) is 0 Å². The predicted molar refractivity (Wildman–Crippen MR) is 139 cm³/mol. The quantitative estimate of drug-likeness (QED) is 0.448. The summed E-state index contributed by atoms with van der Waals surface area (Å²) < 4.78 is 7.88. The summed E-state index contributed by atoms with van der Waals surface area (Å²) in [6.07, 6.45) is 6.81. The third-order valence-electron chi connectivity index (χ3n) is 7.80. The number of hydrogen-bond acceptors (Lipinski definition) is 3. The van der Waals surface area contributed by atoms with E-state index in [4.69, 9.17) is 4.74 Å². The molecule has 5 rings (SSSR count). The lowest BCUT2D eigenvalue weighted by atomic mass is 9.88. The molecule has 0 atom stereocenters. The van der Waals surface area contributed by atoms with E-state index in [-0.39, 0.29) is 5.92 Å². The van der Waals surface area contributed by atoms with Gasteiger partial charge < -0.3 is 14.2 Å². The van der Waals surface area contributed by atoms with Gasteiger partial charge in [0.25, 0.3) is 0 Å². The zero-order valence-corrected chi connectivity index (χ0v) is 20.7. The molecule has 34 heavy (non-hydrogen) atoms. The average Bonchev–Trinajstić information content (AvgIpc) is 3.22. The fraction of sp³-hybridized carbons (Fsp3) is 0.552. The van der Waals surface area contributed by atoms with Crippen LogP contribution >= 0.6 is 0 Å². The van der Waals surface area contributed by atoms with Gasteiger partial charge in [-0.1, -0.05) is 43.5 Å². The van der Waals surface area contributed by atoms with E-state index >= 15 is 0 Å². The van der Waals surface area contributed by atoms with E-state index in [2.05, 4.69) is 63.8 Å². The number of amides is 1. The lowest BCUT2D eigenvalue weighted by molar-refractivity contribution is -0.137. The molecular formula is C29H39N3O2. The average molecular weight is 462 g/mol. The van der Waals surface area contributed by atoms with Crippen LogP contribution in [0.1, 0.15) is 51.0 Å². The molecule has 2 fully saturated rings. The third-order valence-corrected chi connectivity index (χ3v) is 7.80. The molecule has 1 aromatic heterocycles. The van der Waals surface area contributed by atoms with Crippen molar-refractivity contribution in [2.24, 2.45) is 5.92 Å². The van der Waals surface area contributed by atoms with Crippen LogP contribution in [0.15, 0.2) is 42.5 Å². The fourth-order valence-electron chi connectivity index (χ4n) is 5.95. The minimum Gasteiger partial charge on any atom is -0.379 e. The Morgan fingerprint density at radius 3 is 2.56 bits per heavy atom. The van der Waals surface area contributed by atoms with Crippen molar-refractivity contribution in [1.29, 1.82) is 0 Å². The Hall–Kier alpha value is -2.37. The summed E-state index contributed by atoms with van der Waals surface area (Å²) in [6, 6.07) is 15.5. The highest BCUT2D eigenvalue weighted by Gasteiger charge is 2.26. The largest absolute Gasteiger partial charge is 0.379 e. The van der Waals surface area contributed by atoms with Crippen molar-refractivity contribution in [2.45, 2.75) is 58.5 Å². The molecule has 5 nitrogen and oxygen atoms in total. The zero-order valence-electron chi connectivity index (χ0n) is 20.7. The maximum Gasteiger partial charge on any atom is 0.225 e. The Labute approximate surface area is 203 Å². The van der Waals surface area contributed by atoms with Gasteiger partial charge in [-0.15, -0.1) is 0 Å². The molecule has 182 valence electrons. The predicted octanol–water partition coefficient (Wildman–Crippen LogP) is 5.45. The monoisotopic (exact) mass is 461 g/mol. The Kier molecular flexibility index (Phi) is 7.51. The summed E-state index contributed by atoms with van der Waals surface area (Å²) in [4.78, 5) is 18.2. The number of ether oxygens (including phenoxy) is 1. The van der Waals surface area contributed by atoms with Crippen LogP contribution in [-0.2, 0) is 22.6 Å². The Balaban J connectivity index is 1.36. The number of carbonyl (C=O) groups is 1. The molecule has 2 heterocycles. The standard InChI is InChI=1S/C29H39N3O2/c1-2-32-27-12-7-6-11-25(27)26-21-23(13-14-28(26)32)22-31(29(33)24-9-4-3-5-10-24)16-8-15-30-17-19-34-20-18-30/h6-7,11-14,21,24H,2-5,8-10,15-20,22H2,1H3. The summed E-state index contributed by atoms with van der Waals surface area (Å²) in [5, 5.41) is 2.60. The normalized spacial score (nSPS) is 18.0. The Bertz CT molecular complexity index is 1110. The smallest absolute Gasteiger partial charge is 0.225 e. The third kappa shape index (κ3) is 5.01. The molecular weight excluding hydrogens is 422 g/mol. The second-order valence-corrected chi connectivity index (χ2v) is 10.0. The molecule has 0 radical (unpaired) electrons. The van der Waals surface area contributed by atoms with E-state index in [1.807, 2.05) is 0 Å². The van der Waals surface area contributed by atoms with Gasteiger partial charge in [0.05, 0.1) is 13.2 Å². The highest BCUT2D eigenvalue weighted by Crippen LogP contribution is 2.31. The summed E-state index contributed by atoms with van der Waals surface area (Å²) >= 11 is 0. The van der Waals surface area contributed by atoms with Gasteiger partial charge in [-0.05, 0) is 49.9 Å². The minimum atomic E-state index is 0.211. The SMILES string of the molecule is CCn1c2ccccc2c2cc(CN(CCCN3CCOCC3)C(=O)C3CCCCC3)ccc21. The molecule has 1 saturated heterocycles. The summed E-state index contributed by atoms with van der Waals surface area (Å²) in [5.74, 6) is 0.584. The van der Waals surface area contributed by atoms with Crippen molar-refractivity contribution >= 4 is 27.7 Å². The Morgan fingerprint density at radius 1 is 1.00 bits per heavy atom. The first-order valence-electron chi connectivity index (χ1n) is 13.3. The summed E-state index contributed by atoms with van der Waals surface area (Å²) in [6.45, 7) is 9.42. The summed E-state index contributed by atoms with van der Waals surface area (Å²) in [7, 11) is 0. The van der Waals surface area contributed by atoms with Gasteiger partial charge in [-0.2, -0.15) is 0 Å². The number of fused-ring (bicyclic) bond motifs is 3. The van der Waals surface area contributed by atoms with Crippen molar-refractivity contribution in [3.05, 3.63) is 48.0 Å². The molecule has 1 aliphatic heterocycles. The minimum absolute atomic E-state index is 0.211. The van der Waals surface area contributed by atoms with Gasteiger partial charge in [0.15, 0.2) is 0 Å². The maximum atomic E-state index is 13.6. The Morgan fingerprint density at radius 2 is 1.76 bits per heavy atom. The van der Waals surface area contributed by atoms with Gasteiger partial charge >= 0.3 is 0 Å². The van der Waals surface area contributed by atoms with Crippen LogP contribution in [0.25, 0.3) is 21.8 Å². The summed E-state index contributed by atoms with van der Waals surface area (Å²) in [5.41, 5.74) is 3.81. The topological polar surface area (TPSA) is 37.7 Å². The maximum absolute atomic E-state index is 13.6. The van der Waals surface area contributed by atoms with Crippen molar-refractivity contribution in [1.82, 2.24) is 14.4 Å². The molecule has 1 amide bonds. The van der Waals surface area contributed by atoms with Crippen molar-refractivity contribution < 1.29 is 9.53 Å². The van der Waals surface area contributed by atoms with Crippen molar-refractivity contribution in [3.63, 3.8) is 0 Å². The van der Waals surface area contributed by atoms with Crippen LogP contribution in [0.2, 0.25) is 0 Å². The lowest BCUT2D eigenvalue weighted by Gasteiger charge is -2.31. The molecule has 0 N–H and O–H groups in total. The van der Waals surface area contributed by atoms with Gasteiger partial charge in [0, 0.05) is 67.0 Å². The molecule has 1 aliphatic carbocycles. The number of benzene rings is 2. The first-order valence-corrected chi connectivity index (χ1v) is 13.3. The number of hydrogen-bond donors (Lipinski definition) is 0. The van der Waals surface area contributed by atoms with Crippen LogP contribution in [0.3, 0.4) is 0 Å². The first-order chi connectivity index (χ1) is 16.7. The molecule has 3 aromatic rings. The van der Waals surface area contributed by atoms with Gasteiger partial charge in [0.1, 0.15) is 0 Å². The number of aromatic nitrogens is 1. The van der Waals surface area contributed by atoms with E-state index in [0.717, 1.165) is 65.2 Å². The molecule has 2 aliphatic rings. The van der Waals surface area contributed by atoms with Crippen LogP contribution < -0.4 is 0 Å². The second-order valence-electron chi connectivity index (χ2n) is 10.0. The van der Waals surface area contributed by atoms with E-state index in [9.17, 15) is 4.79 Å². The molecule has 5 heteroatoms. The lowest BCUT2D eigenvalue weighted by Crippen LogP contribution is -2.40. The molecule has 0 bridgehead atoms. The second kappa shape index (κ2) is 10.9. The number of morpholine rings is 1. The van der Waals surface area contributed by atoms with E-state index in [1.54, 1.807) is 0 Å². The fourth-order valence-corrected chi connectivity index (χ4v) is 5.95. The highest BCUT2D eigenvalue weighted by molar-refractivity contribution is 6.08. The number of aryl methyl sites for hydroxylation is 1. The van der Waals surface area contributed by atoms with Crippen LogP contribution in [0.5, 0.6) is 0 Å². The highest BCUT2D eigenvalue weighted by atomic mass is 16.5. The molecule has 0 unspecified atom stereocenters. The van der Waals surface area contributed by atoms with Crippen LogP contribution in [-0.4, -0.2) is 59.7 Å². The zero-order chi connectivity index (χ0) is 23.3. The van der Waals surface area contributed by atoms with Crippen LogP contribution in [0.4, 0.5) is 0 Å². The van der Waals surface area contributed by atoms with E-state index < -0.39 is 0 Å². The molecule has 1 saturated carbocycles. The van der Waals surface area contributed by atoms with Gasteiger partial charge in [-0.3, -0.25) is 9.69 Å². The van der Waals surface area contributed by atoms with E-state index in [1.165, 1.54) is 46.6 Å². The number of carbonyl (C=O) groups excluding carboxylic acids is 1.